The molecule has 1 atom stereocenters. The third-order valence-corrected chi connectivity index (χ3v) is 6.17. The van der Waals surface area contributed by atoms with Crippen LogP contribution in [-0.2, 0) is 20.9 Å². The largest absolute Gasteiger partial charge is 0.383 e. The summed E-state index contributed by atoms with van der Waals surface area (Å²) in [5.41, 5.74) is 2.31. The van der Waals surface area contributed by atoms with Gasteiger partial charge in [0.2, 0.25) is 11.8 Å². The second kappa shape index (κ2) is 9.97. The summed E-state index contributed by atoms with van der Waals surface area (Å²) in [6, 6.07) is 16.9. The number of nitrogens with one attached hydrogen (secondary N) is 1. The molecule has 0 bridgehead atoms. The van der Waals surface area contributed by atoms with Crippen molar-refractivity contribution in [1.82, 2.24) is 14.8 Å². The number of aromatic nitrogens is 3. The third-order valence-electron chi connectivity index (χ3n) is 5.22. The van der Waals surface area contributed by atoms with Gasteiger partial charge in [0, 0.05) is 25.1 Å². The van der Waals surface area contributed by atoms with Crippen molar-refractivity contribution < 1.29 is 14.3 Å². The van der Waals surface area contributed by atoms with Crippen LogP contribution in [-0.4, -0.2) is 52.1 Å². The van der Waals surface area contributed by atoms with Crippen molar-refractivity contribution in [2.75, 3.05) is 29.7 Å². The highest BCUT2D eigenvalue weighted by atomic mass is 32.2. The predicted octanol–water partition coefficient (Wildman–Crippen LogP) is 3.45. The molecule has 0 radical (unpaired) electrons. The molecule has 0 saturated heterocycles. The normalized spacial score (nSPS) is 15.8. The maximum absolute atomic E-state index is 13.3. The highest BCUT2D eigenvalue weighted by Gasteiger charge is 2.30. The summed E-state index contributed by atoms with van der Waals surface area (Å²) in [6.07, 6.45) is 0.243. The van der Waals surface area contributed by atoms with Crippen molar-refractivity contribution in [3.63, 3.8) is 0 Å². The molecular formula is C23H25N5O3S. The fourth-order valence-electron chi connectivity index (χ4n) is 3.74. The minimum absolute atomic E-state index is 0.0889. The number of anilines is 2. The fraction of sp³-hybridized carbons (Fsp3) is 0.304. The van der Waals surface area contributed by atoms with Crippen LogP contribution in [0, 0.1) is 0 Å². The summed E-state index contributed by atoms with van der Waals surface area (Å²) < 4.78 is 7.23. The number of benzene rings is 2. The van der Waals surface area contributed by atoms with Gasteiger partial charge in [-0.25, -0.2) is 0 Å². The van der Waals surface area contributed by atoms with Crippen LogP contribution in [0.3, 0.4) is 0 Å². The molecule has 4 rings (SSSR count). The lowest BCUT2D eigenvalue weighted by molar-refractivity contribution is -0.117. The van der Waals surface area contributed by atoms with Gasteiger partial charge in [0.15, 0.2) is 11.0 Å². The number of para-hydroxylation sites is 2. The second-order valence-electron chi connectivity index (χ2n) is 7.49. The number of hydrogen-bond donors (Lipinski definition) is 1. The van der Waals surface area contributed by atoms with E-state index in [1.165, 1.54) is 11.8 Å². The summed E-state index contributed by atoms with van der Waals surface area (Å²) in [6.45, 7) is 2.97. The van der Waals surface area contributed by atoms with Crippen molar-refractivity contribution >= 4 is 35.0 Å². The first-order valence-electron chi connectivity index (χ1n) is 10.4. The van der Waals surface area contributed by atoms with Crippen LogP contribution in [0.15, 0.2) is 59.8 Å². The average molecular weight is 452 g/mol. The Hall–Kier alpha value is -3.17. The Balaban J connectivity index is 1.56. The quantitative estimate of drug-likeness (QED) is 0.554. The van der Waals surface area contributed by atoms with Crippen LogP contribution in [0.5, 0.6) is 0 Å². The third kappa shape index (κ3) is 4.68. The van der Waals surface area contributed by atoms with E-state index in [9.17, 15) is 9.59 Å². The molecule has 8 nitrogen and oxygen atoms in total. The lowest BCUT2D eigenvalue weighted by atomic mass is 10.2. The van der Waals surface area contributed by atoms with Crippen LogP contribution in [0.4, 0.5) is 11.4 Å². The van der Waals surface area contributed by atoms with E-state index in [0.29, 0.717) is 29.7 Å². The Kier molecular flexibility index (Phi) is 6.87. The van der Waals surface area contributed by atoms with E-state index in [1.54, 1.807) is 12.0 Å². The standard InChI is InChI=1S/C23H25N5O3S/c1-16-14-20(29)24-18-10-6-7-11-19(18)28(16)21(30)15-32-23-26-25-22(27(23)12-13-31-2)17-8-4-3-5-9-17/h3-11,16H,12-15H2,1-2H3,(H,24,29)/t16-/m1/s1. The summed E-state index contributed by atoms with van der Waals surface area (Å²) in [5.74, 6) is 0.724. The molecule has 0 spiro atoms. The minimum Gasteiger partial charge on any atom is -0.383 e. The van der Waals surface area contributed by atoms with Gasteiger partial charge < -0.3 is 15.0 Å². The van der Waals surface area contributed by atoms with Crippen molar-refractivity contribution in [1.29, 1.82) is 0 Å². The number of ether oxygens (including phenoxy) is 1. The van der Waals surface area contributed by atoms with Gasteiger partial charge in [-0.05, 0) is 19.1 Å². The lowest BCUT2D eigenvalue weighted by Gasteiger charge is -2.27. The molecule has 0 aliphatic carbocycles. The second-order valence-corrected chi connectivity index (χ2v) is 8.43. The molecule has 1 N–H and O–H groups in total. The molecule has 2 amide bonds. The molecule has 1 aliphatic heterocycles. The molecule has 166 valence electrons. The van der Waals surface area contributed by atoms with Gasteiger partial charge in [0.25, 0.3) is 0 Å². The molecular weight excluding hydrogens is 426 g/mol. The zero-order valence-corrected chi connectivity index (χ0v) is 18.8. The number of rotatable bonds is 7. The molecule has 9 heteroatoms. The lowest BCUT2D eigenvalue weighted by Crippen LogP contribution is -2.40. The van der Waals surface area contributed by atoms with Crippen LogP contribution >= 0.6 is 11.8 Å². The van der Waals surface area contributed by atoms with E-state index < -0.39 is 0 Å². The van der Waals surface area contributed by atoms with Crippen molar-refractivity contribution in [2.24, 2.45) is 0 Å². The monoisotopic (exact) mass is 451 g/mol. The zero-order chi connectivity index (χ0) is 22.5. The number of thioether (sulfide) groups is 1. The summed E-state index contributed by atoms with van der Waals surface area (Å²) in [7, 11) is 1.65. The fourth-order valence-corrected chi connectivity index (χ4v) is 4.57. The highest BCUT2D eigenvalue weighted by molar-refractivity contribution is 7.99. The van der Waals surface area contributed by atoms with E-state index in [-0.39, 0.29) is 30.0 Å². The number of carbonyl (C=O) groups is 2. The Morgan fingerprint density at radius 2 is 1.91 bits per heavy atom. The maximum atomic E-state index is 13.3. The molecule has 3 aromatic rings. The van der Waals surface area contributed by atoms with E-state index in [1.807, 2.05) is 66.1 Å². The average Bonchev–Trinajstić information content (AvgIpc) is 3.14. The SMILES string of the molecule is COCCn1c(SCC(=O)N2c3ccccc3NC(=O)C[C@H]2C)nnc1-c1ccccc1. The summed E-state index contributed by atoms with van der Waals surface area (Å²) in [5, 5.41) is 12.2. The van der Waals surface area contributed by atoms with E-state index in [2.05, 4.69) is 15.5 Å². The van der Waals surface area contributed by atoms with Crippen LogP contribution in [0.1, 0.15) is 13.3 Å². The first-order chi connectivity index (χ1) is 15.6. The van der Waals surface area contributed by atoms with Crippen molar-refractivity contribution in [3.05, 3.63) is 54.6 Å². The summed E-state index contributed by atoms with van der Waals surface area (Å²) >= 11 is 1.34. The molecule has 1 aliphatic rings. The van der Waals surface area contributed by atoms with Gasteiger partial charge in [-0.15, -0.1) is 10.2 Å². The number of methoxy groups -OCH3 is 1. The Labute approximate surface area is 191 Å². The van der Waals surface area contributed by atoms with Crippen molar-refractivity contribution in [3.8, 4) is 11.4 Å². The van der Waals surface area contributed by atoms with Gasteiger partial charge in [0.05, 0.1) is 30.3 Å². The van der Waals surface area contributed by atoms with Gasteiger partial charge >= 0.3 is 0 Å². The number of nitrogens with zero attached hydrogens (tertiary/aromatic N) is 4. The van der Waals surface area contributed by atoms with Gasteiger partial charge in [0.1, 0.15) is 0 Å². The number of carbonyl (C=O) groups excluding carboxylic acids is 2. The molecule has 32 heavy (non-hydrogen) atoms. The molecule has 0 unspecified atom stereocenters. The number of amides is 2. The molecule has 2 heterocycles. The zero-order valence-electron chi connectivity index (χ0n) is 18.0. The minimum atomic E-state index is -0.252. The molecule has 0 fully saturated rings. The molecule has 1 aromatic heterocycles. The van der Waals surface area contributed by atoms with E-state index >= 15 is 0 Å². The highest BCUT2D eigenvalue weighted by Crippen LogP contribution is 2.32. The maximum Gasteiger partial charge on any atom is 0.237 e. The van der Waals surface area contributed by atoms with Crippen LogP contribution < -0.4 is 10.2 Å². The van der Waals surface area contributed by atoms with Gasteiger partial charge in [-0.2, -0.15) is 0 Å². The van der Waals surface area contributed by atoms with E-state index in [4.69, 9.17) is 4.74 Å². The van der Waals surface area contributed by atoms with Crippen LogP contribution in [0.25, 0.3) is 11.4 Å². The Bertz CT molecular complexity index is 1100. The predicted molar refractivity (Wildman–Crippen MR) is 125 cm³/mol. The van der Waals surface area contributed by atoms with Crippen molar-refractivity contribution in [2.45, 2.75) is 31.1 Å². The smallest absolute Gasteiger partial charge is 0.237 e. The first-order valence-corrected chi connectivity index (χ1v) is 11.4. The van der Waals surface area contributed by atoms with Gasteiger partial charge in [-0.1, -0.05) is 54.2 Å². The number of fused-ring (bicyclic) bond motifs is 1. The summed E-state index contributed by atoms with van der Waals surface area (Å²) in [4.78, 5) is 27.2. The first kappa shape index (κ1) is 22.0. The number of hydrogen-bond acceptors (Lipinski definition) is 6. The van der Waals surface area contributed by atoms with Gasteiger partial charge in [-0.3, -0.25) is 14.2 Å². The Morgan fingerprint density at radius 1 is 1.16 bits per heavy atom. The molecule has 2 aromatic carbocycles. The van der Waals surface area contributed by atoms with Crippen LogP contribution in [0.2, 0.25) is 0 Å². The topological polar surface area (TPSA) is 89.4 Å². The molecule has 0 saturated carbocycles. The Morgan fingerprint density at radius 3 is 2.69 bits per heavy atom. The van der Waals surface area contributed by atoms with E-state index in [0.717, 1.165) is 11.4 Å².